The van der Waals surface area contributed by atoms with Crippen molar-refractivity contribution in [2.45, 2.75) is 271 Å². The molecule has 2 atom stereocenters. The summed E-state index contributed by atoms with van der Waals surface area (Å²) in [5, 5.41) is 0. The maximum Gasteiger partial charge on any atom is 0.0861 e. The molecule has 0 bridgehead atoms. The SMILES string of the molecule is CCCCCCCc1ccc(C(OC(c2ccc(CCCCCCC)cc2)C2CCC(C3CCC(CCCCC)CC3)CC2)C2CCC(C3CCC(CCCCC)CC3)CC2)cc1. The van der Waals surface area contributed by atoms with Crippen molar-refractivity contribution in [3.8, 4) is 0 Å². The van der Waals surface area contributed by atoms with Crippen LogP contribution < -0.4 is 0 Å². The first-order valence-corrected chi connectivity index (χ1v) is 28.9. The van der Waals surface area contributed by atoms with Gasteiger partial charge >= 0.3 is 0 Å². The van der Waals surface area contributed by atoms with Crippen LogP contribution in [-0.4, -0.2) is 0 Å². The van der Waals surface area contributed by atoms with Crippen molar-refractivity contribution in [3.63, 3.8) is 0 Å². The standard InChI is InChI=1S/C62H102O/c1-5-9-13-15-19-23-51-29-37-57(38-30-51)61(59-45-41-55(42-46-59)53-33-25-49(26-34-53)21-17-11-7-3)63-62(58-39-31-52(32-40-58)24-20-16-14-10-6-2)60-47-43-56(44-48-60)54-35-27-50(28-36-54)22-18-12-8-4/h29-32,37-40,49-50,53-56,59-62H,5-28,33-36,41-48H2,1-4H3. The summed E-state index contributed by atoms with van der Waals surface area (Å²) in [6, 6.07) is 20.0. The van der Waals surface area contributed by atoms with Crippen LogP contribution in [0, 0.1) is 47.3 Å². The molecule has 1 nitrogen and oxygen atoms in total. The van der Waals surface area contributed by atoms with E-state index >= 15 is 0 Å². The Kier molecular flexibility index (Phi) is 23.6. The second-order valence-electron chi connectivity index (χ2n) is 22.7. The van der Waals surface area contributed by atoms with E-state index < -0.39 is 0 Å². The third kappa shape index (κ3) is 16.9. The monoisotopic (exact) mass is 863 g/mol. The van der Waals surface area contributed by atoms with Gasteiger partial charge in [-0.2, -0.15) is 0 Å². The molecule has 0 saturated heterocycles. The maximum absolute atomic E-state index is 7.92. The highest BCUT2D eigenvalue weighted by atomic mass is 16.5. The molecular formula is C62H102O. The summed E-state index contributed by atoms with van der Waals surface area (Å²) in [4.78, 5) is 0. The van der Waals surface area contributed by atoms with E-state index in [1.54, 1.807) is 0 Å². The summed E-state index contributed by atoms with van der Waals surface area (Å²) in [5.74, 6) is 7.13. The number of unbranched alkanes of at least 4 members (excludes halogenated alkanes) is 12. The third-order valence-electron chi connectivity index (χ3n) is 18.1. The first-order valence-electron chi connectivity index (χ1n) is 28.9. The van der Waals surface area contributed by atoms with Crippen molar-refractivity contribution < 1.29 is 4.74 Å². The Morgan fingerprint density at radius 2 is 0.651 bits per heavy atom. The van der Waals surface area contributed by atoms with E-state index in [1.165, 1.54) is 253 Å². The lowest BCUT2D eigenvalue weighted by atomic mass is 9.67. The summed E-state index contributed by atoms with van der Waals surface area (Å²) in [7, 11) is 0. The van der Waals surface area contributed by atoms with Crippen molar-refractivity contribution in [1.82, 2.24) is 0 Å². The quantitative estimate of drug-likeness (QED) is 0.0775. The van der Waals surface area contributed by atoms with E-state index in [2.05, 4.69) is 76.2 Å². The number of benzene rings is 2. The predicted octanol–water partition coefficient (Wildman–Crippen LogP) is 19.9. The molecule has 6 rings (SSSR count). The average Bonchev–Trinajstić information content (AvgIpc) is 3.33. The van der Waals surface area contributed by atoms with Crippen molar-refractivity contribution in [2.24, 2.45) is 47.3 Å². The van der Waals surface area contributed by atoms with Gasteiger partial charge in [0.15, 0.2) is 0 Å². The molecule has 0 N–H and O–H groups in total. The van der Waals surface area contributed by atoms with Gasteiger partial charge in [-0.1, -0.05) is 205 Å². The second kappa shape index (κ2) is 29.2. The van der Waals surface area contributed by atoms with Gasteiger partial charge in [0.2, 0.25) is 0 Å². The van der Waals surface area contributed by atoms with Crippen molar-refractivity contribution in [3.05, 3.63) is 70.8 Å². The van der Waals surface area contributed by atoms with Gasteiger partial charge in [-0.05, 0) is 172 Å². The number of ether oxygens (including phenoxy) is 1. The van der Waals surface area contributed by atoms with Crippen LogP contribution in [0.3, 0.4) is 0 Å². The fourth-order valence-electron chi connectivity index (χ4n) is 13.8. The average molecular weight is 863 g/mol. The van der Waals surface area contributed by atoms with Crippen LogP contribution in [0.1, 0.15) is 280 Å². The molecule has 356 valence electrons. The highest BCUT2D eigenvalue weighted by Gasteiger charge is 2.39. The summed E-state index contributed by atoms with van der Waals surface area (Å²) >= 11 is 0. The molecule has 2 aromatic carbocycles. The van der Waals surface area contributed by atoms with E-state index in [-0.39, 0.29) is 12.2 Å². The Bertz CT molecular complexity index is 1300. The van der Waals surface area contributed by atoms with Crippen LogP contribution in [0.2, 0.25) is 0 Å². The minimum atomic E-state index is 0.197. The molecule has 0 spiro atoms. The van der Waals surface area contributed by atoms with Crippen molar-refractivity contribution in [2.75, 3.05) is 0 Å². The van der Waals surface area contributed by atoms with Gasteiger partial charge in [0.1, 0.15) is 0 Å². The summed E-state index contributed by atoms with van der Waals surface area (Å²) in [5.41, 5.74) is 5.99. The van der Waals surface area contributed by atoms with E-state index in [1.807, 2.05) is 0 Å². The smallest absolute Gasteiger partial charge is 0.0861 e. The lowest BCUT2D eigenvalue weighted by Gasteiger charge is -2.43. The lowest BCUT2D eigenvalue weighted by molar-refractivity contribution is -0.0934. The van der Waals surface area contributed by atoms with Gasteiger partial charge in [-0.15, -0.1) is 0 Å². The summed E-state index contributed by atoms with van der Waals surface area (Å²) in [6.07, 6.45) is 51.1. The molecule has 0 heterocycles. The molecular weight excluding hydrogens is 761 g/mol. The number of rotatable bonds is 28. The van der Waals surface area contributed by atoms with Gasteiger partial charge in [0.25, 0.3) is 0 Å². The van der Waals surface area contributed by atoms with Crippen molar-refractivity contribution >= 4 is 0 Å². The molecule has 0 amide bonds. The van der Waals surface area contributed by atoms with E-state index in [4.69, 9.17) is 4.74 Å². The molecule has 4 aliphatic rings. The van der Waals surface area contributed by atoms with Crippen LogP contribution in [0.15, 0.2) is 48.5 Å². The number of hydrogen-bond acceptors (Lipinski definition) is 1. The summed E-state index contributed by atoms with van der Waals surface area (Å²) < 4.78 is 7.92. The van der Waals surface area contributed by atoms with Crippen LogP contribution in [0.25, 0.3) is 0 Å². The molecule has 1 heteroatoms. The molecule has 0 radical (unpaired) electrons. The van der Waals surface area contributed by atoms with Gasteiger partial charge in [0, 0.05) is 0 Å². The minimum absolute atomic E-state index is 0.197. The molecule has 2 unspecified atom stereocenters. The van der Waals surface area contributed by atoms with Gasteiger partial charge < -0.3 is 4.74 Å². The second-order valence-corrected chi connectivity index (χ2v) is 22.7. The molecule has 0 aliphatic heterocycles. The third-order valence-corrected chi connectivity index (χ3v) is 18.1. The van der Waals surface area contributed by atoms with Crippen LogP contribution >= 0.6 is 0 Å². The molecule has 4 aliphatic carbocycles. The predicted molar refractivity (Wildman–Crippen MR) is 274 cm³/mol. The fourth-order valence-corrected chi connectivity index (χ4v) is 13.8. The Morgan fingerprint density at radius 1 is 0.349 bits per heavy atom. The zero-order valence-corrected chi connectivity index (χ0v) is 42.3. The fraction of sp³-hybridized carbons (Fsp3) is 0.806. The zero-order chi connectivity index (χ0) is 43.9. The summed E-state index contributed by atoms with van der Waals surface area (Å²) in [6.45, 7) is 9.36. The van der Waals surface area contributed by atoms with Gasteiger partial charge in [-0.25, -0.2) is 0 Å². The Balaban J connectivity index is 1.15. The maximum atomic E-state index is 7.92. The Hall–Kier alpha value is -1.60. The van der Waals surface area contributed by atoms with Crippen molar-refractivity contribution in [1.29, 1.82) is 0 Å². The van der Waals surface area contributed by atoms with E-state index in [0.717, 1.165) is 35.5 Å². The highest BCUT2D eigenvalue weighted by molar-refractivity contribution is 5.28. The van der Waals surface area contributed by atoms with E-state index in [9.17, 15) is 0 Å². The van der Waals surface area contributed by atoms with Crippen LogP contribution in [0.5, 0.6) is 0 Å². The number of hydrogen-bond donors (Lipinski definition) is 0. The van der Waals surface area contributed by atoms with E-state index in [0.29, 0.717) is 11.8 Å². The molecule has 63 heavy (non-hydrogen) atoms. The van der Waals surface area contributed by atoms with Crippen LogP contribution in [0.4, 0.5) is 0 Å². The Morgan fingerprint density at radius 3 is 0.984 bits per heavy atom. The lowest BCUT2D eigenvalue weighted by Crippen LogP contribution is -2.31. The first kappa shape index (κ1) is 50.8. The normalized spacial score (nSPS) is 27.9. The number of aryl methyl sites for hydroxylation is 2. The Labute approximate surface area is 392 Å². The van der Waals surface area contributed by atoms with Crippen LogP contribution in [-0.2, 0) is 17.6 Å². The molecule has 4 fully saturated rings. The van der Waals surface area contributed by atoms with Gasteiger partial charge in [-0.3, -0.25) is 0 Å². The molecule has 2 aromatic rings. The highest BCUT2D eigenvalue weighted by Crippen LogP contribution is 2.50. The topological polar surface area (TPSA) is 9.23 Å². The largest absolute Gasteiger partial charge is 0.365 e. The first-order chi connectivity index (χ1) is 31.1. The minimum Gasteiger partial charge on any atom is -0.365 e. The zero-order valence-electron chi connectivity index (χ0n) is 42.3. The molecule has 0 aromatic heterocycles. The van der Waals surface area contributed by atoms with Gasteiger partial charge in [0.05, 0.1) is 12.2 Å². The molecule has 4 saturated carbocycles.